The maximum Gasteiger partial charge on any atom is 0.324 e. The van der Waals surface area contributed by atoms with E-state index < -0.39 is 6.03 Å². The lowest BCUT2D eigenvalue weighted by molar-refractivity contribution is -0.139. The highest BCUT2D eigenvalue weighted by Gasteiger charge is 2.05. The highest BCUT2D eigenvalue weighted by atomic mass is 16.5. The molecule has 2 aromatic rings. The van der Waals surface area contributed by atoms with E-state index in [1.54, 1.807) is 24.3 Å². The third-order valence-electron chi connectivity index (χ3n) is 2.59. The molecule has 0 bridgehead atoms. The fourth-order valence-corrected chi connectivity index (χ4v) is 1.59. The van der Waals surface area contributed by atoms with Crippen molar-refractivity contribution in [2.24, 2.45) is 0 Å². The van der Waals surface area contributed by atoms with Gasteiger partial charge in [0, 0.05) is 18.1 Å². The molecule has 0 unspecified atom stereocenters. The fraction of sp³-hybridized carbons (Fsp3) is 0.143. The van der Waals surface area contributed by atoms with Gasteiger partial charge in [-0.3, -0.25) is 15.1 Å². The Hall–Kier alpha value is -2.96. The van der Waals surface area contributed by atoms with Crippen molar-refractivity contribution in [1.29, 1.82) is 0 Å². The van der Waals surface area contributed by atoms with E-state index in [9.17, 15) is 9.59 Å². The second-order valence-corrected chi connectivity index (χ2v) is 4.12. The van der Waals surface area contributed by atoms with E-state index in [2.05, 4.69) is 25.3 Å². The summed E-state index contributed by atoms with van der Waals surface area (Å²) in [7, 11) is 1.34. The maximum atomic E-state index is 11.7. The zero-order valence-corrected chi connectivity index (χ0v) is 11.4. The largest absolute Gasteiger partial charge is 0.469 e. The van der Waals surface area contributed by atoms with E-state index in [1.807, 2.05) is 0 Å². The molecule has 0 aliphatic rings. The first-order chi connectivity index (χ1) is 10.2. The van der Waals surface area contributed by atoms with Gasteiger partial charge < -0.3 is 10.1 Å². The topological polar surface area (TPSA) is 93.2 Å². The molecule has 1 heterocycles. The summed E-state index contributed by atoms with van der Waals surface area (Å²) < 4.78 is 4.58. The normalized spacial score (nSPS) is 9.76. The first kappa shape index (κ1) is 14.4. The number of rotatable bonds is 4. The number of amides is 2. The van der Waals surface area contributed by atoms with Crippen molar-refractivity contribution >= 4 is 23.5 Å². The molecule has 0 saturated carbocycles. The van der Waals surface area contributed by atoms with E-state index in [1.165, 1.54) is 25.7 Å². The Morgan fingerprint density at radius 3 is 2.52 bits per heavy atom. The Labute approximate surface area is 121 Å². The van der Waals surface area contributed by atoms with Crippen molar-refractivity contribution < 1.29 is 14.3 Å². The van der Waals surface area contributed by atoms with Gasteiger partial charge in [-0.25, -0.2) is 9.78 Å². The summed E-state index contributed by atoms with van der Waals surface area (Å²) in [5.41, 5.74) is 1.41. The predicted octanol–water partition coefficient (Wildman–Crippen LogP) is 1.84. The monoisotopic (exact) mass is 286 g/mol. The fourth-order valence-electron chi connectivity index (χ4n) is 1.59. The summed E-state index contributed by atoms with van der Waals surface area (Å²) in [5.74, 6) is 0.0495. The SMILES string of the molecule is COC(=O)Cc1ccc(NC(=O)Nc2cnccn2)cc1. The van der Waals surface area contributed by atoms with Gasteiger partial charge in [0.2, 0.25) is 0 Å². The molecule has 7 heteroatoms. The van der Waals surface area contributed by atoms with Crippen molar-refractivity contribution in [1.82, 2.24) is 9.97 Å². The Bertz CT molecular complexity index is 614. The van der Waals surface area contributed by atoms with E-state index in [0.717, 1.165) is 5.56 Å². The molecule has 2 rings (SSSR count). The van der Waals surface area contributed by atoms with Crippen LogP contribution in [0, 0.1) is 0 Å². The number of urea groups is 1. The van der Waals surface area contributed by atoms with Gasteiger partial charge in [-0.05, 0) is 17.7 Å². The summed E-state index contributed by atoms with van der Waals surface area (Å²) >= 11 is 0. The number of hydrogen-bond donors (Lipinski definition) is 2. The smallest absolute Gasteiger partial charge is 0.324 e. The number of aromatic nitrogens is 2. The summed E-state index contributed by atoms with van der Waals surface area (Å²) in [6.07, 6.45) is 4.64. The Morgan fingerprint density at radius 2 is 1.90 bits per heavy atom. The number of benzene rings is 1. The van der Waals surface area contributed by atoms with E-state index >= 15 is 0 Å². The lowest BCUT2D eigenvalue weighted by Gasteiger charge is -2.07. The molecule has 2 amide bonds. The number of hydrogen-bond acceptors (Lipinski definition) is 5. The van der Waals surface area contributed by atoms with Crippen LogP contribution >= 0.6 is 0 Å². The van der Waals surface area contributed by atoms with Gasteiger partial charge in [0.25, 0.3) is 0 Å². The van der Waals surface area contributed by atoms with E-state index in [-0.39, 0.29) is 12.4 Å². The third-order valence-corrected chi connectivity index (χ3v) is 2.59. The molecule has 7 nitrogen and oxygen atoms in total. The molecule has 0 aliphatic heterocycles. The minimum atomic E-state index is -0.420. The first-order valence-electron chi connectivity index (χ1n) is 6.17. The number of esters is 1. The molecule has 1 aromatic carbocycles. The summed E-state index contributed by atoms with van der Waals surface area (Å²) in [6, 6.07) is 6.48. The molecular formula is C14H14N4O3. The number of anilines is 2. The van der Waals surface area contributed by atoms with Crippen LogP contribution in [0.3, 0.4) is 0 Å². The molecule has 0 fully saturated rings. The van der Waals surface area contributed by atoms with Gasteiger partial charge in [0.15, 0.2) is 5.82 Å². The average molecular weight is 286 g/mol. The second-order valence-electron chi connectivity index (χ2n) is 4.12. The summed E-state index contributed by atoms with van der Waals surface area (Å²) in [5, 5.41) is 5.20. The van der Waals surface area contributed by atoms with Crippen molar-refractivity contribution in [3.05, 3.63) is 48.4 Å². The van der Waals surface area contributed by atoms with Gasteiger partial charge in [0.1, 0.15) is 0 Å². The van der Waals surface area contributed by atoms with Crippen LogP contribution in [0.2, 0.25) is 0 Å². The highest BCUT2D eigenvalue weighted by Crippen LogP contribution is 2.11. The quantitative estimate of drug-likeness (QED) is 0.836. The van der Waals surface area contributed by atoms with Gasteiger partial charge in [-0.2, -0.15) is 0 Å². The summed E-state index contributed by atoms with van der Waals surface area (Å²) in [4.78, 5) is 30.6. The number of methoxy groups -OCH3 is 1. The zero-order chi connectivity index (χ0) is 15.1. The number of nitrogens with one attached hydrogen (secondary N) is 2. The van der Waals surface area contributed by atoms with Crippen LogP contribution in [0.4, 0.5) is 16.3 Å². The standard InChI is InChI=1S/C14H14N4O3/c1-21-13(19)8-10-2-4-11(5-3-10)17-14(20)18-12-9-15-6-7-16-12/h2-7,9H,8H2,1H3,(H2,16,17,18,20). The molecule has 0 spiro atoms. The van der Waals surface area contributed by atoms with E-state index in [4.69, 9.17) is 0 Å². The molecule has 0 atom stereocenters. The van der Waals surface area contributed by atoms with Crippen LogP contribution in [0.25, 0.3) is 0 Å². The lowest BCUT2D eigenvalue weighted by atomic mass is 10.1. The molecule has 21 heavy (non-hydrogen) atoms. The second kappa shape index (κ2) is 6.99. The van der Waals surface area contributed by atoms with Crippen LogP contribution < -0.4 is 10.6 Å². The van der Waals surface area contributed by atoms with Gasteiger partial charge in [0.05, 0.1) is 19.7 Å². The number of ether oxygens (including phenoxy) is 1. The Balaban J connectivity index is 1.91. The molecule has 2 N–H and O–H groups in total. The minimum Gasteiger partial charge on any atom is -0.469 e. The van der Waals surface area contributed by atoms with Crippen LogP contribution in [0.15, 0.2) is 42.9 Å². The average Bonchev–Trinajstić information content (AvgIpc) is 2.50. The molecule has 0 aliphatic carbocycles. The van der Waals surface area contributed by atoms with Gasteiger partial charge >= 0.3 is 12.0 Å². The van der Waals surface area contributed by atoms with Crippen LogP contribution in [0.5, 0.6) is 0 Å². The summed E-state index contributed by atoms with van der Waals surface area (Å²) in [6.45, 7) is 0. The van der Waals surface area contributed by atoms with Crippen molar-refractivity contribution in [3.8, 4) is 0 Å². The first-order valence-corrected chi connectivity index (χ1v) is 6.17. The maximum absolute atomic E-state index is 11.7. The van der Waals surface area contributed by atoms with Crippen LogP contribution in [0.1, 0.15) is 5.56 Å². The lowest BCUT2D eigenvalue weighted by Crippen LogP contribution is -2.20. The van der Waals surface area contributed by atoms with Crippen LogP contribution in [-0.2, 0) is 16.0 Å². The molecule has 0 radical (unpaired) electrons. The van der Waals surface area contributed by atoms with E-state index in [0.29, 0.717) is 11.5 Å². The van der Waals surface area contributed by atoms with Gasteiger partial charge in [-0.1, -0.05) is 12.1 Å². The van der Waals surface area contributed by atoms with Crippen molar-refractivity contribution in [2.75, 3.05) is 17.7 Å². The zero-order valence-electron chi connectivity index (χ0n) is 11.4. The number of nitrogens with zero attached hydrogens (tertiary/aromatic N) is 2. The third kappa shape index (κ3) is 4.57. The molecular weight excluding hydrogens is 272 g/mol. The molecule has 108 valence electrons. The molecule has 1 aromatic heterocycles. The number of carbonyl (C=O) groups excluding carboxylic acids is 2. The van der Waals surface area contributed by atoms with Crippen molar-refractivity contribution in [2.45, 2.75) is 6.42 Å². The Kier molecular flexibility index (Phi) is 4.81. The van der Waals surface area contributed by atoms with Gasteiger partial charge in [-0.15, -0.1) is 0 Å². The Morgan fingerprint density at radius 1 is 1.14 bits per heavy atom. The van der Waals surface area contributed by atoms with Crippen molar-refractivity contribution in [3.63, 3.8) is 0 Å². The predicted molar refractivity (Wildman–Crippen MR) is 76.8 cm³/mol. The molecule has 0 saturated heterocycles. The number of carbonyl (C=O) groups is 2. The minimum absolute atomic E-state index is 0.197. The highest BCUT2D eigenvalue weighted by molar-refractivity contribution is 5.99. The van der Waals surface area contributed by atoms with Crippen LogP contribution in [-0.4, -0.2) is 29.1 Å².